The fourth-order valence-electron chi connectivity index (χ4n) is 3.45. The summed E-state index contributed by atoms with van der Waals surface area (Å²) in [6.45, 7) is 7.72. The Balaban J connectivity index is 2.04. The summed E-state index contributed by atoms with van der Waals surface area (Å²) in [5.74, 6) is -1.02. The van der Waals surface area contributed by atoms with Crippen molar-refractivity contribution in [1.82, 2.24) is 9.97 Å². The number of anilines is 2. The average Bonchev–Trinajstić information content (AvgIpc) is 3.25. The molecule has 0 saturated carbocycles. The lowest BCUT2D eigenvalue weighted by atomic mass is 9.87. The van der Waals surface area contributed by atoms with Gasteiger partial charge in [0.15, 0.2) is 5.78 Å². The zero-order valence-electron chi connectivity index (χ0n) is 19.1. The lowest BCUT2D eigenvalue weighted by Gasteiger charge is -2.31. The van der Waals surface area contributed by atoms with Crippen LogP contribution in [-0.4, -0.2) is 33.4 Å². The number of hydrogen-bond acceptors (Lipinski definition) is 4. The van der Waals surface area contributed by atoms with E-state index in [1.165, 1.54) is 18.0 Å². The number of ketones is 1. The number of amides is 2. The number of hydrogen-bond donors (Lipinski definition) is 2. The minimum absolute atomic E-state index is 0.0674. The van der Waals surface area contributed by atoms with E-state index in [1.54, 1.807) is 30.5 Å². The maximum atomic E-state index is 13.5. The van der Waals surface area contributed by atoms with Crippen LogP contribution in [-0.2, 0) is 15.0 Å². The molecule has 172 valence electrons. The van der Waals surface area contributed by atoms with Crippen molar-refractivity contribution >= 4 is 40.7 Å². The molecule has 0 spiro atoms. The molecular formula is C25H27ClN4O3. The van der Waals surface area contributed by atoms with Gasteiger partial charge >= 0.3 is 0 Å². The monoisotopic (exact) mass is 466 g/mol. The molecule has 7 nitrogen and oxygen atoms in total. The first-order chi connectivity index (χ1) is 15.6. The van der Waals surface area contributed by atoms with Gasteiger partial charge in [0, 0.05) is 30.6 Å². The predicted molar refractivity (Wildman–Crippen MR) is 130 cm³/mol. The molecule has 3 rings (SSSR count). The molecule has 0 aliphatic rings. The van der Waals surface area contributed by atoms with Gasteiger partial charge in [0.05, 0.1) is 5.69 Å². The van der Waals surface area contributed by atoms with E-state index in [2.05, 4.69) is 36.1 Å². The highest BCUT2D eigenvalue weighted by Crippen LogP contribution is 2.31. The molecule has 0 aliphatic carbocycles. The number of halogens is 1. The van der Waals surface area contributed by atoms with Crippen LogP contribution in [0.25, 0.3) is 0 Å². The topological polar surface area (TPSA) is 95.2 Å². The number of alkyl halides is 1. The smallest absolute Gasteiger partial charge is 0.253 e. The van der Waals surface area contributed by atoms with Crippen LogP contribution in [0.5, 0.6) is 0 Å². The van der Waals surface area contributed by atoms with Gasteiger partial charge in [-0.2, -0.15) is 0 Å². The molecule has 0 fully saturated rings. The second-order valence-corrected chi connectivity index (χ2v) is 8.98. The van der Waals surface area contributed by atoms with Crippen LogP contribution < -0.4 is 10.2 Å². The number of benzene rings is 1. The van der Waals surface area contributed by atoms with Gasteiger partial charge in [0.1, 0.15) is 17.7 Å². The molecule has 8 heteroatoms. The summed E-state index contributed by atoms with van der Waals surface area (Å²) in [5.41, 5.74) is 2.45. The number of H-pyrrole nitrogens is 1. The number of nitrogens with zero attached hydrogens (tertiary/aromatic N) is 2. The molecule has 2 N–H and O–H groups in total. The maximum absolute atomic E-state index is 13.5. The molecule has 2 heterocycles. The van der Waals surface area contributed by atoms with Crippen molar-refractivity contribution in [2.45, 2.75) is 39.2 Å². The highest BCUT2D eigenvalue weighted by atomic mass is 35.5. The fourth-order valence-corrected chi connectivity index (χ4v) is 3.58. The predicted octanol–water partition coefficient (Wildman–Crippen LogP) is 4.86. The first-order valence-corrected chi connectivity index (χ1v) is 11.0. The quantitative estimate of drug-likeness (QED) is 0.384. The van der Waals surface area contributed by atoms with Crippen molar-refractivity contribution in [2.24, 2.45) is 0 Å². The van der Waals surface area contributed by atoms with E-state index < -0.39 is 17.9 Å². The van der Waals surface area contributed by atoms with Crippen LogP contribution in [0.15, 0.2) is 60.9 Å². The lowest BCUT2D eigenvalue weighted by Crippen LogP contribution is -2.42. The molecule has 0 aliphatic heterocycles. The maximum Gasteiger partial charge on any atom is 0.253 e. The molecule has 0 saturated heterocycles. The second-order valence-electron chi connectivity index (χ2n) is 8.71. The third-order valence-corrected chi connectivity index (χ3v) is 5.45. The third kappa shape index (κ3) is 5.68. The van der Waals surface area contributed by atoms with E-state index in [0.717, 1.165) is 5.56 Å². The largest absolute Gasteiger partial charge is 0.339 e. The standard InChI is InChI=1S/C25H27ClN4O3/c1-16(31)20-11-12-21(28-20)29-24(33)23(17-6-5-13-27-15-17)30(22(32)14-26)19-9-7-18(8-10-19)25(2,3)4/h5-13,15,23,28H,14H2,1-4H3,(H,29,33). The molecule has 2 aromatic heterocycles. The minimum Gasteiger partial charge on any atom is -0.339 e. The number of rotatable bonds is 7. The van der Waals surface area contributed by atoms with Crippen LogP contribution in [0.4, 0.5) is 11.5 Å². The molecule has 33 heavy (non-hydrogen) atoms. The van der Waals surface area contributed by atoms with E-state index in [-0.39, 0.29) is 17.1 Å². The Morgan fingerprint density at radius 3 is 2.30 bits per heavy atom. The Bertz CT molecular complexity index is 1130. The molecule has 0 bridgehead atoms. The molecule has 3 aromatic rings. The van der Waals surface area contributed by atoms with Gasteiger partial charge in [0.2, 0.25) is 5.91 Å². The molecule has 1 atom stereocenters. The van der Waals surface area contributed by atoms with E-state index in [9.17, 15) is 14.4 Å². The minimum atomic E-state index is -1.03. The molecule has 1 unspecified atom stereocenters. The van der Waals surface area contributed by atoms with E-state index in [1.807, 2.05) is 24.3 Å². The average molecular weight is 467 g/mol. The van der Waals surface area contributed by atoms with Crippen LogP contribution in [0.1, 0.15) is 55.4 Å². The SMILES string of the molecule is CC(=O)c1ccc(NC(=O)C(c2cccnc2)N(C(=O)CCl)c2ccc(C(C)(C)C)cc2)[nH]1. The summed E-state index contributed by atoms with van der Waals surface area (Å²) < 4.78 is 0. The summed E-state index contributed by atoms with van der Waals surface area (Å²) in [6, 6.07) is 13.1. The first kappa shape index (κ1) is 24.2. The van der Waals surface area contributed by atoms with Crippen LogP contribution in [0.3, 0.4) is 0 Å². The number of carbonyl (C=O) groups is 3. The third-order valence-electron chi connectivity index (χ3n) is 5.22. The van der Waals surface area contributed by atoms with Crippen molar-refractivity contribution < 1.29 is 14.4 Å². The molecular weight excluding hydrogens is 440 g/mol. The first-order valence-electron chi connectivity index (χ1n) is 10.5. The fraction of sp³-hybridized carbons (Fsp3) is 0.280. The number of nitrogens with one attached hydrogen (secondary N) is 2. The van der Waals surface area contributed by atoms with E-state index >= 15 is 0 Å². The zero-order valence-corrected chi connectivity index (χ0v) is 19.8. The summed E-state index contributed by atoms with van der Waals surface area (Å²) in [7, 11) is 0. The van der Waals surface area contributed by atoms with Gasteiger partial charge in [-0.1, -0.05) is 39.0 Å². The number of carbonyl (C=O) groups excluding carboxylic acids is 3. The highest BCUT2D eigenvalue weighted by molar-refractivity contribution is 6.30. The Hall–Kier alpha value is -3.45. The van der Waals surface area contributed by atoms with Crippen molar-refractivity contribution in [1.29, 1.82) is 0 Å². The molecule has 2 amide bonds. The summed E-state index contributed by atoms with van der Waals surface area (Å²) in [5, 5.41) is 2.77. The number of aromatic nitrogens is 2. The van der Waals surface area contributed by atoms with Gasteiger partial charge in [-0.25, -0.2) is 0 Å². The van der Waals surface area contributed by atoms with E-state index in [0.29, 0.717) is 22.8 Å². The number of aromatic amines is 1. The molecule has 0 radical (unpaired) electrons. The normalized spacial score (nSPS) is 12.2. The van der Waals surface area contributed by atoms with Gasteiger partial charge < -0.3 is 10.3 Å². The lowest BCUT2D eigenvalue weighted by molar-refractivity contribution is -0.122. The summed E-state index contributed by atoms with van der Waals surface area (Å²) in [6.07, 6.45) is 3.13. The Kier molecular flexibility index (Phi) is 7.33. The van der Waals surface area contributed by atoms with Gasteiger partial charge in [-0.05, 0) is 41.3 Å². The second kappa shape index (κ2) is 10.0. The van der Waals surface area contributed by atoms with Gasteiger partial charge in [-0.15, -0.1) is 11.6 Å². The highest BCUT2D eigenvalue weighted by Gasteiger charge is 2.33. The molecule has 1 aromatic carbocycles. The Labute approximate surface area is 198 Å². The number of Topliss-reactive ketones (excluding diaryl/α,β-unsaturated/α-hetero) is 1. The van der Waals surface area contributed by atoms with Crippen molar-refractivity contribution in [3.63, 3.8) is 0 Å². The summed E-state index contributed by atoms with van der Waals surface area (Å²) >= 11 is 5.95. The zero-order chi connectivity index (χ0) is 24.2. The number of pyridine rings is 1. The summed E-state index contributed by atoms with van der Waals surface area (Å²) in [4.78, 5) is 46.4. The van der Waals surface area contributed by atoms with Crippen LogP contribution >= 0.6 is 11.6 Å². The van der Waals surface area contributed by atoms with Gasteiger partial charge in [0.25, 0.3) is 5.91 Å². The Morgan fingerprint density at radius 2 is 1.79 bits per heavy atom. The van der Waals surface area contributed by atoms with Crippen molar-refractivity contribution in [3.8, 4) is 0 Å². The Morgan fingerprint density at radius 1 is 1.09 bits per heavy atom. The van der Waals surface area contributed by atoms with Crippen LogP contribution in [0.2, 0.25) is 0 Å². The van der Waals surface area contributed by atoms with Crippen LogP contribution in [0, 0.1) is 0 Å². The van der Waals surface area contributed by atoms with Gasteiger partial charge in [-0.3, -0.25) is 24.3 Å². The van der Waals surface area contributed by atoms with E-state index in [4.69, 9.17) is 11.6 Å². The van der Waals surface area contributed by atoms with Crippen molar-refractivity contribution in [3.05, 3.63) is 77.7 Å². The van der Waals surface area contributed by atoms with Crippen molar-refractivity contribution in [2.75, 3.05) is 16.1 Å².